The molecule has 0 bridgehead atoms. The van der Waals surface area contributed by atoms with Crippen LogP contribution >= 0.6 is 11.3 Å². The van der Waals surface area contributed by atoms with Gasteiger partial charge in [-0.2, -0.15) is 0 Å². The molecule has 1 N–H and O–H groups in total. The highest BCUT2D eigenvalue weighted by atomic mass is 32.1. The van der Waals surface area contributed by atoms with Crippen molar-refractivity contribution in [1.29, 1.82) is 0 Å². The average molecular weight is 624 g/mol. The molecule has 0 aliphatic heterocycles. The maximum atomic E-state index is 13.1. The molecule has 0 saturated carbocycles. The van der Waals surface area contributed by atoms with Gasteiger partial charge in [-0.15, -0.1) is 11.3 Å². The van der Waals surface area contributed by atoms with Gasteiger partial charge in [0, 0.05) is 36.2 Å². The third kappa shape index (κ3) is 13.6. The molecule has 0 fully saturated rings. The number of thiophene rings is 1. The highest BCUT2D eigenvalue weighted by Crippen LogP contribution is 2.35. The topological polar surface area (TPSA) is 57.6 Å². The van der Waals surface area contributed by atoms with Crippen molar-refractivity contribution >= 4 is 23.1 Å². The highest BCUT2D eigenvalue weighted by Gasteiger charge is 2.28. The zero-order chi connectivity index (χ0) is 31.4. The number of carbonyl (C=O) groups is 2. The molecule has 0 radical (unpaired) electrons. The number of nitrogens with zero attached hydrogens (tertiary/aromatic N) is 1. The van der Waals surface area contributed by atoms with Crippen LogP contribution in [0.5, 0.6) is 0 Å². The molecular formula is C39H61NO3S. The third-order valence-corrected chi connectivity index (χ3v) is 10.6. The lowest BCUT2D eigenvalue weighted by atomic mass is 9.79. The van der Waals surface area contributed by atoms with Gasteiger partial charge in [0.05, 0.1) is 6.42 Å². The summed E-state index contributed by atoms with van der Waals surface area (Å²) < 4.78 is 0. The van der Waals surface area contributed by atoms with E-state index in [0.29, 0.717) is 18.9 Å². The molecule has 44 heavy (non-hydrogen) atoms. The van der Waals surface area contributed by atoms with Crippen LogP contribution in [0.3, 0.4) is 0 Å². The zero-order valence-corrected chi connectivity index (χ0v) is 28.8. The predicted octanol–water partition coefficient (Wildman–Crippen LogP) is 10.6. The van der Waals surface area contributed by atoms with E-state index in [0.717, 1.165) is 63.6 Å². The molecule has 1 unspecified atom stereocenters. The first kappa shape index (κ1) is 36.5. The molecule has 4 nitrogen and oxygen atoms in total. The number of hydrogen-bond donors (Lipinski definition) is 1. The average Bonchev–Trinajstić information content (AvgIpc) is 3.54. The second-order valence-electron chi connectivity index (χ2n) is 13.3. The van der Waals surface area contributed by atoms with E-state index >= 15 is 0 Å². The van der Waals surface area contributed by atoms with Gasteiger partial charge < -0.3 is 5.11 Å². The number of aliphatic carboxylic acids is 1. The van der Waals surface area contributed by atoms with Crippen LogP contribution in [0.25, 0.3) is 0 Å². The monoisotopic (exact) mass is 623 g/mol. The van der Waals surface area contributed by atoms with Gasteiger partial charge in [-0.3, -0.25) is 14.5 Å². The Bertz CT molecular complexity index is 1070. The molecule has 3 rings (SSSR count). The van der Waals surface area contributed by atoms with Gasteiger partial charge in [-0.05, 0) is 73.2 Å². The van der Waals surface area contributed by atoms with Crippen LogP contribution in [0.1, 0.15) is 157 Å². The van der Waals surface area contributed by atoms with Crippen LogP contribution < -0.4 is 0 Å². The lowest BCUT2D eigenvalue weighted by molar-refractivity contribution is -0.137. The van der Waals surface area contributed by atoms with Gasteiger partial charge in [0.25, 0.3) is 0 Å². The Kier molecular flexibility index (Phi) is 18.0. The summed E-state index contributed by atoms with van der Waals surface area (Å²) >= 11 is 1.84. The maximum absolute atomic E-state index is 13.1. The highest BCUT2D eigenvalue weighted by molar-refractivity contribution is 7.09. The van der Waals surface area contributed by atoms with Crippen LogP contribution in [-0.2, 0) is 28.9 Å². The second kappa shape index (κ2) is 21.7. The summed E-state index contributed by atoms with van der Waals surface area (Å²) in [5.41, 5.74) is 3.79. The molecule has 1 aliphatic carbocycles. The van der Waals surface area contributed by atoms with E-state index in [4.69, 9.17) is 0 Å². The van der Waals surface area contributed by atoms with Crippen molar-refractivity contribution in [1.82, 2.24) is 4.90 Å². The molecule has 0 amide bonds. The minimum absolute atomic E-state index is 0.0347. The summed E-state index contributed by atoms with van der Waals surface area (Å²) in [4.78, 5) is 29.1. The standard InChI is InChI=1S/C39H61NO3S/c1-3-5-6-7-8-9-10-11-12-13-14-15-16-20-35(41)30-33(31-39(42)43)37-22-17-19-32-29-34(23-24-38(32)37)40(26-4-2)27-25-36-21-18-28-44-36/h17-19,21-22,28,33-34H,3-16,20,23-27,29-31H2,1-2H3,(H,42,43)/t33?,34-/m0/s1. The fourth-order valence-electron chi connectivity index (χ4n) is 7.20. The first-order valence-electron chi connectivity index (χ1n) is 18.1. The SMILES string of the molecule is CCCCCCCCCCCCCCCC(=O)CC(CC(=O)O)c1cccc2c1CC[C@H](N(CCC)CCc1cccs1)C2. The summed E-state index contributed by atoms with van der Waals surface area (Å²) in [6.07, 6.45) is 23.1. The Hall–Kier alpha value is -1.98. The van der Waals surface area contributed by atoms with Crippen LogP contribution in [-0.4, -0.2) is 40.9 Å². The normalized spacial score (nSPS) is 15.4. The first-order valence-corrected chi connectivity index (χ1v) is 19.0. The van der Waals surface area contributed by atoms with Gasteiger partial charge in [0.1, 0.15) is 5.78 Å². The third-order valence-electron chi connectivity index (χ3n) is 9.64. The summed E-state index contributed by atoms with van der Waals surface area (Å²) in [6.45, 7) is 6.73. The van der Waals surface area contributed by atoms with E-state index in [9.17, 15) is 14.7 Å². The number of carboxylic acid groups (broad SMARTS) is 1. The summed E-state index contributed by atoms with van der Waals surface area (Å²) in [7, 11) is 0. The lowest BCUT2D eigenvalue weighted by Gasteiger charge is -2.36. The molecule has 1 aliphatic rings. The first-order chi connectivity index (χ1) is 21.5. The van der Waals surface area contributed by atoms with Crippen molar-refractivity contribution in [3.63, 3.8) is 0 Å². The quantitative estimate of drug-likeness (QED) is 0.112. The fourth-order valence-corrected chi connectivity index (χ4v) is 7.90. The number of Topliss-reactive ketones (excluding diaryl/α,β-unsaturated/α-hetero) is 1. The molecule has 0 spiro atoms. The van der Waals surface area contributed by atoms with Crippen molar-refractivity contribution in [2.75, 3.05) is 13.1 Å². The van der Waals surface area contributed by atoms with Gasteiger partial charge in [0.15, 0.2) is 0 Å². The van der Waals surface area contributed by atoms with E-state index in [1.54, 1.807) is 0 Å². The Labute approximate surface area is 273 Å². The number of carbonyl (C=O) groups excluding carboxylic acids is 1. The van der Waals surface area contributed by atoms with Crippen LogP contribution in [0.2, 0.25) is 0 Å². The number of carboxylic acids is 1. The number of hydrogen-bond acceptors (Lipinski definition) is 4. The van der Waals surface area contributed by atoms with E-state index in [-0.39, 0.29) is 18.1 Å². The Balaban J connectivity index is 1.44. The van der Waals surface area contributed by atoms with Gasteiger partial charge in [-0.25, -0.2) is 0 Å². The van der Waals surface area contributed by atoms with Crippen molar-refractivity contribution in [2.45, 2.75) is 161 Å². The largest absolute Gasteiger partial charge is 0.481 e. The van der Waals surface area contributed by atoms with Gasteiger partial charge >= 0.3 is 5.97 Å². The summed E-state index contributed by atoms with van der Waals surface area (Å²) in [5, 5.41) is 11.9. The molecule has 1 aromatic carbocycles. The number of rotatable bonds is 25. The van der Waals surface area contributed by atoms with Gasteiger partial charge in [-0.1, -0.05) is 115 Å². The zero-order valence-electron chi connectivity index (χ0n) is 28.0. The van der Waals surface area contributed by atoms with Crippen LogP contribution in [0.15, 0.2) is 35.7 Å². The van der Waals surface area contributed by atoms with E-state index in [1.807, 2.05) is 11.3 Å². The molecule has 1 aromatic heterocycles. The molecule has 5 heteroatoms. The molecular weight excluding hydrogens is 563 g/mol. The number of ketones is 1. The maximum Gasteiger partial charge on any atom is 0.303 e. The molecule has 2 atom stereocenters. The number of fused-ring (bicyclic) bond motifs is 1. The summed E-state index contributed by atoms with van der Waals surface area (Å²) in [5.74, 6) is -0.801. The number of benzene rings is 1. The summed E-state index contributed by atoms with van der Waals surface area (Å²) in [6, 6.07) is 11.3. The molecule has 246 valence electrons. The van der Waals surface area contributed by atoms with Crippen molar-refractivity contribution in [3.05, 3.63) is 57.3 Å². The molecule has 0 saturated heterocycles. The minimum atomic E-state index is -0.808. The predicted molar refractivity (Wildman–Crippen MR) is 187 cm³/mol. The number of unbranched alkanes of at least 4 members (excludes halogenated alkanes) is 12. The van der Waals surface area contributed by atoms with Crippen molar-refractivity contribution in [3.8, 4) is 0 Å². The smallest absolute Gasteiger partial charge is 0.303 e. The van der Waals surface area contributed by atoms with Crippen LogP contribution in [0.4, 0.5) is 0 Å². The van der Waals surface area contributed by atoms with Crippen molar-refractivity contribution in [2.24, 2.45) is 0 Å². The Morgan fingerprint density at radius 1 is 0.841 bits per heavy atom. The van der Waals surface area contributed by atoms with Gasteiger partial charge in [0.2, 0.25) is 0 Å². The lowest BCUT2D eigenvalue weighted by Crippen LogP contribution is -2.41. The van der Waals surface area contributed by atoms with Crippen LogP contribution in [0, 0.1) is 0 Å². The molecule has 2 aromatic rings. The minimum Gasteiger partial charge on any atom is -0.481 e. The van der Waals surface area contributed by atoms with E-state index in [1.165, 1.54) is 86.6 Å². The van der Waals surface area contributed by atoms with E-state index in [2.05, 4.69) is 54.5 Å². The Morgan fingerprint density at radius 2 is 1.52 bits per heavy atom. The Morgan fingerprint density at radius 3 is 2.14 bits per heavy atom. The molecule has 1 heterocycles. The van der Waals surface area contributed by atoms with Crippen molar-refractivity contribution < 1.29 is 14.7 Å². The fraction of sp³-hybridized carbons (Fsp3) is 0.692. The second-order valence-corrected chi connectivity index (χ2v) is 14.3. The van der Waals surface area contributed by atoms with E-state index < -0.39 is 5.97 Å².